The Morgan fingerprint density at radius 3 is 2.48 bits per heavy atom. The van der Waals surface area contributed by atoms with E-state index in [1.54, 1.807) is 6.08 Å². The second-order valence-electron chi connectivity index (χ2n) is 5.32. The molecular formula is C20H21N3O2. The number of allylic oxidation sites excluding steroid dienone is 1. The third kappa shape index (κ3) is 6.43. The maximum absolute atomic E-state index is 11.9. The largest absolute Gasteiger partial charge is 0.325 e. The molecule has 5 nitrogen and oxygen atoms in total. The number of hydrogen-bond donors (Lipinski definition) is 2. The maximum atomic E-state index is 11.9. The zero-order valence-electron chi connectivity index (χ0n) is 14.1. The number of rotatable bonds is 7. The van der Waals surface area contributed by atoms with Gasteiger partial charge in [0.05, 0.1) is 0 Å². The Hall–Kier alpha value is -3.21. The van der Waals surface area contributed by atoms with Crippen molar-refractivity contribution < 1.29 is 9.59 Å². The van der Waals surface area contributed by atoms with Crippen LogP contribution in [0, 0.1) is 0 Å². The Labute approximate surface area is 147 Å². The van der Waals surface area contributed by atoms with Crippen molar-refractivity contribution in [1.82, 2.24) is 5.43 Å². The fraction of sp³-hybridized carbons (Fsp3) is 0.150. The van der Waals surface area contributed by atoms with E-state index in [9.17, 15) is 9.59 Å². The van der Waals surface area contributed by atoms with Gasteiger partial charge in [0.25, 0.3) is 0 Å². The zero-order valence-corrected chi connectivity index (χ0v) is 14.1. The van der Waals surface area contributed by atoms with Gasteiger partial charge in [-0.3, -0.25) is 9.59 Å². The molecule has 0 atom stereocenters. The first-order valence-corrected chi connectivity index (χ1v) is 8.10. The summed E-state index contributed by atoms with van der Waals surface area (Å²) in [6.07, 6.45) is 5.57. The predicted octanol–water partition coefficient (Wildman–Crippen LogP) is 3.39. The van der Waals surface area contributed by atoms with Gasteiger partial charge in [-0.1, -0.05) is 61.5 Å². The number of benzene rings is 2. The summed E-state index contributed by atoms with van der Waals surface area (Å²) < 4.78 is 0. The van der Waals surface area contributed by atoms with E-state index >= 15 is 0 Å². The quantitative estimate of drug-likeness (QED) is 0.462. The number of hydrogen-bond acceptors (Lipinski definition) is 3. The molecule has 0 heterocycles. The van der Waals surface area contributed by atoms with Crippen LogP contribution in [0.5, 0.6) is 0 Å². The molecule has 2 amide bonds. The van der Waals surface area contributed by atoms with Crippen LogP contribution in [-0.4, -0.2) is 18.0 Å². The third-order valence-electron chi connectivity index (χ3n) is 3.43. The van der Waals surface area contributed by atoms with Crippen LogP contribution in [0.15, 0.2) is 65.8 Å². The first-order valence-electron chi connectivity index (χ1n) is 8.10. The van der Waals surface area contributed by atoms with Crippen LogP contribution in [0.25, 0.3) is 6.08 Å². The van der Waals surface area contributed by atoms with Crippen molar-refractivity contribution in [3.63, 3.8) is 0 Å². The topological polar surface area (TPSA) is 70.6 Å². The molecule has 2 aromatic rings. The monoisotopic (exact) mass is 335 g/mol. The van der Waals surface area contributed by atoms with Crippen LogP contribution in [0.4, 0.5) is 5.69 Å². The van der Waals surface area contributed by atoms with Crippen LogP contribution < -0.4 is 10.7 Å². The lowest BCUT2D eigenvalue weighted by Crippen LogP contribution is -2.24. The predicted molar refractivity (Wildman–Crippen MR) is 101 cm³/mol. The minimum atomic E-state index is -0.462. The molecule has 0 aliphatic rings. The highest BCUT2D eigenvalue weighted by Crippen LogP contribution is 2.15. The molecule has 128 valence electrons. The van der Waals surface area contributed by atoms with E-state index in [1.807, 2.05) is 67.6 Å². The molecule has 0 saturated heterocycles. The summed E-state index contributed by atoms with van der Waals surface area (Å²) >= 11 is 0. The van der Waals surface area contributed by atoms with Gasteiger partial charge in [0.2, 0.25) is 11.8 Å². The average molecular weight is 335 g/mol. The van der Waals surface area contributed by atoms with Gasteiger partial charge in [-0.25, -0.2) is 5.43 Å². The van der Waals surface area contributed by atoms with Gasteiger partial charge in [0.1, 0.15) is 6.42 Å². The fourth-order valence-electron chi connectivity index (χ4n) is 2.20. The van der Waals surface area contributed by atoms with Crippen LogP contribution in [0.3, 0.4) is 0 Å². The Bertz CT molecular complexity index is 768. The van der Waals surface area contributed by atoms with Gasteiger partial charge in [-0.2, -0.15) is 5.10 Å². The molecule has 2 rings (SSSR count). The lowest BCUT2D eigenvalue weighted by atomic mass is 10.1. The molecule has 0 aliphatic heterocycles. The van der Waals surface area contributed by atoms with Crippen molar-refractivity contribution in [3.05, 3.63) is 71.8 Å². The second-order valence-corrected chi connectivity index (χ2v) is 5.32. The molecule has 0 spiro atoms. The molecule has 0 saturated carbocycles. The number of hydrazone groups is 1. The maximum Gasteiger partial charge on any atom is 0.249 e. The van der Waals surface area contributed by atoms with Crippen molar-refractivity contribution in [1.29, 1.82) is 0 Å². The minimum absolute atomic E-state index is 0.280. The summed E-state index contributed by atoms with van der Waals surface area (Å²) in [4.78, 5) is 23.6. The number of carbonyl (C=O) groups excluding carboxylic acids is 2. The summed E-state index contributed by atoms with van der Waals surface area (Å²) in [5.41, 5.74) is 5.13. The highest BCUT2D eigenvalue weighted by molar-refractivity contribution is 6.04. The number of aryl methyl sites for hydroxylation is 1. The van der Waals surface area contributed by atoms with Gasteiger partial charge < -0.3 is 5.32 Å². The lowest BCUT2D eigenvalue weighted by Gasteiger charge is -2.08. The molecule has 5 heteroatoms. The van der Waals surface area contributed by atoms with E-state index in [-0.39, 0.29) is 12.3 Å². The molecule has 0 radical (unpaired) electrons. The molecule has 0 aromatic heterocycles. The van der Waals surface area contributed by atoms with E-state index in [4.69, 9.17) is 0 Å². The summed E-state index contributed by atoms with van der Waals surface area (Å²) in [6.45, 7) is 2.01. The van der Waals surface area contributed by atoms with Crippen molar-refractivity contribution in [3.8, 4) is 0 Å². The van der Waals surface area contributed by atoms with Crippen LogP contribution >= 0.6 is 0 Å². The Balaban J connectivity index is 1.77. The number of para-hydroxylation sites is 1. The van der Waals surface area contributed by atoms with E-state index in [0.29, 0.717) is 0 Å². The molecular weight excluding hydrogens is 314 g/mol. The van der Waals surface area contributed by atoms with Crippen molar-refractivity contribution in [2.24, 2.45) is 5.10 Å². The molecule has 0 unspecified atom stereocenters. The summed E-state index contributed by atoms with van der Waals surface area (Å²) in [5.74, 6) is -0.829. The molecule has 2 aromatic carbocycles. The van der Waals surface area contributed by atoms with Gasteiger partial charge in [0, 0.05) is 11.9 Å². The van der Waals surface area contributed by atoms with E-state index < -0.39 is 5.91 Å². The number of nitrogens with one attached hydrogen (secondary N) is 2. The Kier molecular flexibility index (Phi) is 7.13. The van der Waals surface area contributed by atoms with Crippen LogP contribution in [-0.2, 0) is 16.0 Å². The molecule has 0 aliphatic carbocycles. The first-order chi connectivity index (χ1) is 12.2. The molecule has 0 fully saturated rings. The molecule has 25 heavy (non-hydrogen) atoms. The Morgan fingerprint density at radius 1 is 1.00 bits per heavy atom. The summed E-state index contributed by atoms with van der Waals surface area (Å²) in [6, 6.07) is 17.3. The van der Waals surface area contributed by atoms with Crippen molar-refractivity contribution in [2.75, 3.05) is 5.32 Å². The van der Waals surface area contributed by atoms with E-state index in [0.717, 1.165) is 23.2 Å². The molecule has 0 bridgehead atoms. The second kappa shape index (κ2) is 9.82. The minimum Gasteiger partial charge on any atom is -0.325 e. The summed E-state index contributed by atoms with van der Waals surface area (Å²) in [5, 5.41) is 6.54. The summed E-state index contributed by atoms with van der Waals surface area (Å²) in [7, 11) is 0. The molecule has 2 N–H and O–H groups in total. The zero-order chi connectivity index (χ0) is 17.9. The first kappa shape index (κ1) is 18.1. The van der Waals surface area contributed by atoms with Crippen LogP contribution in [0.1, 0.15) is 24.5 Å². The fourth-order valence-corrected chi connectivity index (χ4v) is 2.20. The number of nitrogens with zero attached hydrogens (tertiary/aromatic N) is 1. The Morgan fingerprint density at radius 2 is 1.72 bits per heavy atom. The van der Waals surface area contributed by atoms with Gasteiger partial charge in [0.15, 0.2) is 0 Å². The highest BCUT2D eigenvalue weighted by atomic mass is 16.2. The highest BCUT2D eigenvalue weighted by Gasteiger charge is 2.10. The van der Waals surface area contributed by atoms with E-state index in [1.165, 1.54) is 6.21 Å². The van der Waals surface area contributed by atoms with Crippen molar-refractivity contribution in [2.45, 2.75) is 19.8 Å². The lowest BCUT2D eigenvalue weighted by molar-refractivity contribution is -0.126. The van der Waals surface area contributed by atoms with Gasteiger partial charge in [-0.15, -0.1) is 0 Å². The van der Waals surface area contributed by atoms with Gasteiger partial charge >= 0.3 is 0 Å². The third-order valence-corrected chi connectivity index (χ3v) is 3.43. The number of amides is 2. The SMILES string of the molecule is CCc1ccccc1NC(=O)CC(=O)NN=CC=Cc1ccccc1. The average Bonchev–Trinajstić information content (AvgIpc) is 2.62. The van der Waals surface area contributed by atoms with E-state index in [2.05, 4.69) is 15.8 Å². The van der Waals surface area contributed by atoms with Crippen LogP contribution in [0.2, 0.25) is 0 Å². The van der Waals surface area contributed by atoms with Gasteiger partial charge in [-0.05, 0) is 29.7 Å². The van der Waals surface area contributed by atoms with Crippen molar-refractivity contribution >= 4 is 29.8 Å². The number of carbonyl (C=O) groups is 2. The standard InChI is InChI=1S/C20H21N3O2/c1-2-17-12-6-7-13-18(17)22-19(24)15-20(25)23-21-14-8-11-16-9-4-3-5-10-16/h3-14H,2,15H2,1H3,(H,22,24)(H,23,25). The normalized spacial score (nSPS) is 10.9. The number of anilines is 1. The smallest absolute Gasteiger partial charge is 0.249 e.